The number of thioether (sulfide) groups is 1. The summed E-state index contributed by atoms with van der Waals surface area (Å²) in [5, 5.41) is 4.66. The van der Waals surface area contributed by atoms with Crippen LogP contribution < -0.4 is 5.32 Å². The molecule has 1 fully saturated rings. The zero-order valence-corrected chi connectivity index (χ0v) is 14.1. The summed E-state index contributed by atoms with van der Waals surface area (Å²) in [6, 6.07) is 9.78. The van der Waals surface area contributed by atoms with E-state index >= 15 is 0 Å². The minimum Gasteiger partial charge on any atom is -0.314 e. The highest BCUT2D eigenvalue weighted by Gasteiger charge is 2.29. The molecule has 1 N–H and O–H groups in total. The van der Waals surface area contributed by atoms with Crippen LogP contribution in [0.25, 0.3) is 0 Å². The van der Waals surface area contributed by atoms with E-state index < -0.39 is 0 Å². The van der Waals surface area contributed by atoms with Crippen molar-refractivity contribution in [3.05, 3.63) is 29.8 Å². The Labute approximate surface area is 134 Å². The first-order valence-corrected chi connectivity index (χ1v) is 9.72. The molecule has 116 valence electrons. The van der Waals surface area contributed by atoms with Crippen molar-refractivity contribution in [2.24, 2.45) is 5.92 Å². The Kier molecular flexibility index (Phi) is 5.65. The van der Waals surface area contributed by atoms with E-state index in [1.54, 1.807) is 5.56 Å². The molecule has 1 aliphatic carbocycles. The predicted octanol–water partition coefficient (Wildman–Crippen LogP) is 5.04. The van der Waals surface area contributed by atoms with Crippen LogP contribution in [0.1, 0.15) is 57.4 Å². The molecule has 1 aliphatic heterocycles. The second kappa shape index (κ2) is 7.69. The van der Waals surface area contributed by atoms with Crippen LogP contribution in [0, 0.1) is 5.92 Å². The molecule has 1 heterocycles. The van der Waals surface area contributed by atoms with E-state index in [0.717, 1.165) is 17.2 Å². The number of rotatable bonds is 5. The second-order valence-electron chi connectivity index (χ2n) is 6.75. The van der Waals surface area contributed by atoms with E-state index in [-0.39, 0.29) is 0 Å². The average Bonchev–Trinajstić information content (AvgIpc) is 2.78. The van der Waals surface area contributed by atoms with Gasteiger partial charge < -0.3 is 5.32 Å². The summed E-state index contributed by atoms with van der Waals surface area (Å²) in [5.74, 6) is 0.894. The maximum absolute atomic E-state index is 3.85. The highest BCUT2D eigenvalue weighted by atomic mass is 32.2. The van der Waals surface area contributed by atoms with Crippen molar-refractivity contribution in [2.45, 2.75) is 74.5 Å². The standard InChI is InChI=1S/C19H29NS/c1-2-12-20-18-10-5-3-4-8-15(18)13-17-14-16-9-6-7-11-19(16)21-17/h6-7,9,11,15,17-18,20H,2-5,8,10,12-14H2,1H3. The Morgan fingerprint density at radius 2 is 2.00 bits per heavy atom. The van der Waals surface area contributed by atoms with Crippen LogP contribution in [-0.2, 0) is 6.42 Å². The molecule has 3 rings (SSSR count). The van der Waals surface area contributed by atoms with Gasteiger partial charge in [0.2, 0.25) is 0 Å². The minimum absolute atomic E-state index is 0.775. The van der Waals surface area contributed by atoms with Gasteiger partial charge >= 0.3 is 0 Å². The Hall–Kier alpha value is -0.470. The molecule has 21 heavy (non-hydrogen) atoms. The van der Waals surface area contributed by atoms with Gasteiger partial charge in [-0.1, -0.05) is 44.4 Å². The lowest BCUT2D eigenvalue weighted by Gasteiger charge is -2.28. The smallest absolute Gasteiger partial charge is 0.0138 e. The minimum atomic E-state index is 0.775. The Bertz CT molecular complexity index is 420. The monoisotopic (exact) mass is 303 g/mol. The molecule has 0 radical (unpaired) electrons. The molecule has 2 aliphatic rings. The molecule has 2 heteroatoms. The lowest BCUT2D eigenvalue weighted by atomic mass is 9.88. The van der Waals surface area contributed by atoms with Crippen LogP contribution in [0.4, 0.5) is 0 Å². The zero-order chi connectivity index (χ0) is 14.5. The van der Waals surface area contributed by atoms with Crippen LogP contribution in [0.5, 0.6) is 0 Å². The maximum Gasteiger partial charge on any atom is 0.0138 e. The Morgan fingerprint density at radius 1 is 1.14 bits per heavy atom. The van der Waals surface area contributed by atoms with Crippen molar-refractivity contribution < 1.29 is 0 Å². The van der Waals surface area contributed by atoms with E-state index in [0.29, 0.717) is 0 Å². The number of benzene rings is 1. The third-order valence-corrected chi connectivity index (χ3v) is 6.44. The summed E-state index contributed by atoms with van der Waals surface area (Å²) in [7, 11) is 0. The molecule has 0 spiro atoms. The van der Waals surface area contributed by atoms with Crippen molar-refractivity contribution in [1.82, 2.24) is 5.32 Å². The quantitative estimate of drug-likeness (QED) is 0.765. The van der Waals surface area contributed by atoms with Crippen LogP contribution in [0.15, 0.2) is 29.2 Å². The average molecular weight is 304 g/mol. The lowest BCUT2D eigenvalue weighted by molar-refractivity contribution is 0.315. The van der Waals surface area contributed by atoms with Crippen molar-refractivity contribution in [3.8, 4) is 0 Å². The summed E-state index contributed by atoms with van der Waals surface area (Å²) >= 11 is 2.13. The molecule has 1 aromatic carbocycles. The fourth-order valence-corrected chi connectivity index (χ4v) is 5.41. The van der Waals surface area contributed by atoms with Crippen LogP contribution in [-0.4, -0.2) is 17.8 Å². The topological polar surface area (TPSA) is 12.0 Å². The van der Waals surface area contributed by atoms with Crippen molar-refractivity contribution in [1.29, 1.82) is 0 Å². The molecule has 1 saturated carbocycles. The number of hydrogen-bond donors (Lipinski definition) is 1. The van der Waals surface area contributed by atoms with Gasteiger partial charge in [0.1, 0.15) is 0 Å². The van der Waals surface area contributed by atoms with Gasteiger partial charge in [0.25, 0.3) is 0 Å². The number of nitrogens with one attached hydrogen (secondary N) is 1. The summed E-state index contributed by atoms with van der Waals surface area (Å²) in [6.45, 7) is 3.47. The third kappa shape index (κ3) is 4.04. The van der Waals surface area contributed by atoms with Gasteiger partial charge in [0, 0.05) is 16.2 Å². The summed E-state index contributed by atoms with van der Waals surface area (Å²) in [5.41, 5.74) is 1.58. The largest absolute Gasteiger partial charge is 0.314 e. The van der Waals surface area contributed by atoms with Gasteiger partial charge in [-0.05, 0) is 56.2 Å². The fourth-order valence-electron chi connectivity index (χ4n) is 3.99. The normalized spacial score (nSPS) is 29.1. The molecule has 3 unspecified atom stereocenters. The highest BCUT2D eigenvalue weighted by molar-refractivity contribution is 8.00. The van der Waals surface area contributed by atoms with Crippen LogP contribution in [0.3, 0.4) is 0 Å². The molecule has 1 nitrogen and oxygen atoms in total. The maximum atomic E-state index is 3.85. The molecule has 0 aromatic heterocycles. The van der Waals surface area contributed by atoms with E-state index in [9.17, 15) is 0 Å². The lowest BCUT2D eigenvalue weighted by Crippen LogP contribution is -2.37. The number of fused-ring (bicyclic) bond motifs is 1. The second-order valence-corrected chi connectivity index (χ2v) is 8.09. The van der Waals surface area contributed by atoms with E-state index in [1.165, 1.54) is 62.8 Å². The first-order valence-electron chi connectivity index (χ1n) is 8.84. The van der Waals surface area contributed by atoms with E-state index in [4.69, 9.17) is 0 Å². The van der Waals surface area contributed by atoms with Crippen LogP contribution in [0.2, 0.25) is 0 Å². The molecule has 0 bridgehead atoms. The van der Waals surface area contributed by atoms with Gasteiger partial charge in [-0.3, -0.25) is 0 Å². The van der Waals surface area contributed by atoms with Gasteiger partial charge in [-0.15, -0.1) is 11.8 Å². The predicted molar refractivity (Wildman–Crippen MR) is 93.1 cm³/mol. The molecule has 3 atom stereocenters. The van der Waals surface area contributed by atoms with Gasteiger partial charge in [0.05, 0.1) is 0 Å². The summed E-state index contributed by atoms with van der Waals surface area (Å²) in [4.78, 5) is 1.54. The van der Waals surface area contributed by atoms with Crippen molar-refractivity contribution >= 4 is 11.8 Å². The third-order valence-electron chi connectivity index (χ3n) is 5.10. The van der Waals surface area contributed by atoms with Crippen LogP contribution >= 0.6 is 11.8 Å². The van der Waals surface area contributed by atoms with E-state index in [2.05, 4.69) is 48.3 Å². The van der Waals surface area contributed by atoms with Gasteiger partial charge in [-0.2, -0.15) is 0 Å². The van der Waals surface area contributed by atoms with Gasteiger partial charge in [0.15, 0.2) is 0 Å². The fraction of sp³-hybridized carbons (Fsp3) is 0.684. The highest BCUT2D eigenvalue weighted by Crippen LogP contribution is 2.41. The summed E-state index contributed by atoms with van der Waals surface area (Å²) in [6.07, 6.45) is 11.1. The molecular formula is C19H29NS. The van der Waals surface area contributed by atoms with E-state index in [1.807, 2.05) is 0 Å². The molecule has 0 amide bonds. The first kappa shape index (κ1) is 15.4. The Morgan fingerprint density at radius 3 is 2.86 bits per heavy atom. The molecule has 0 saturated heterocycles. The first-order chi connectivity index (χ1) is 10.4. The molecule has 1 aromatic rings. The molecular weight excluding hydrogens is 274 g/mol. The van der Waals surface area contributed by atoms with Gasteiger partial charge in [-0.25, -0.2) is 0 Å². The van der Waals surface area contributed by atoms with Crippen molar-refractivity contribution in [3.63, 3.8) is 0 Å². The summed E-state index contributed by atoms with van der Waals surface area (Å²) < 4.78 is 0. The van der Waals surface area contributed by atoms with Crippen molar-refractivity contribution in [2.75, 3.05) is 6.54 Å². The SMILES string of the molecule is CCCNC1CCCCCC1CC1Cc2ccccc2S1. The zero-order valence-electron chi connectivity index (χ0n) is 13.3. The Balaban J connectivity index is 1.59. The number of hydrogen-bond acceptors (Lipinski definition) is 2.